The zero-order chi connectivity index (χ0) is 24.6. The molecule has 0 radical (unpaired) electrons. The quantitative estimate of drug-likeness (QED) is 0.101. The largest absolute Gasteiger partial charge is 0.497 e. The van der Waals surface area contributed by atoms with E-state index in [2.05, 4.69) is 15.9 Å². The summed E-state index contributed by atoms with van der Waals surface area (Å²) in [6.45, 7) is 0.689. The summed E-state index contributed by atoms with van der Waals surface area (Å²) in [5.41, 5.74) is 2.33. The van der Waals surface area contributed by atoms with E-state index in [1.54, 1.807) is 25.6 Å². The number of hydrogen-bond acceptors (Lipinski definition) is 5. The summed E-state index contributed by atoms with van der Waals surface area (Å²) in [5.74, 6) is 2.33. The lowest BCUT2D eigenvalue weighted by Gasteiger charge is -2.09. The maximum atomic E-state index is 13.8. The van der Waals surface area contributed by atoms with Crippen LogP contribution >= 0.6 is 27.3 Å². The van der Waals surface area contributed by atoms with E-state index in [9.17, 15) is 4.79 Å². The molecule has 0 fully saturated rings. The van der Waals surface area contributed by atoms with Crippen LogP contribution in [0.4, 0.5) is 0 Å². The SMILES string of the molecule is COc1ccc(-c2sc3cc(OC)ccc3c2C(=O)c2ccc(OCCCCCCBr)cc2)cc1. The number of thiophene rings is 1. The van der Waals surface area contributed by atoms with Crippen LogP contribution in [0.2, 0.25) is 0 Å². The number of carbonyl (C=O) groups is 1. The lowest BCUT2D eigenvalue weighted by Crippen LogP contribution is -2.03. The number of unbranched alkanes of at least 4 members (excludes halogenated alkanes) is 3. The van der Waals surface area contributed by atoms with Crippen LogP contribution in [-0.2, 0) is 0 Å². The van der Waals surface area contributed by atoms with Gasteiger partial charge in [-0.2, -0.15) is 0 Å². The van der Waals surface area contributed by atoms with Crippen molar-refractivity contribution in [3.8, 4) is 27.7 Å². The Bertz CT molecular complexity index is 1260. The van der Waals surface area contributed by atoms with Crippen molar-refractivity contribution in [2.45, 2.75) is 25.7 Å². The van der Waals surface area contributed by atoms with E-state index >= 15 is 0 Å². The summed E-state index contributed by atoms with van der Waals surface area (Å²) in [4.78, 5) is 14.7. The zero-order valence-corrected chi connectivity index (χ0v) is 22.4. The molecule has 1 heterocycles. The van der Waals surface area contributed by atoms with Crippen molar-refractivity contribution < 1.29 is 19.0 Å². The second kappa shape index (κ2) is 12.2. The Morgan fingerprint density at radius 2 is 1.46 bits per heavy atom. The molecule has 0 amide bonds. The Kier molecular flexibility index (Phi) is 8.83. The fourth-order valence-corrected chi connectivity index (χ4v) is 5.59. The van der Waals surface area contributed by atoms with Crippen molar-refractivity contribution in [2.24, 2.45) is 0 Å². The number of alkyl halides is 1. The summed E-state index contributed by atoms with van der Waals surface area (Å²) >= 11 is 5.06. The molecule has 0 bridgehead atoms. The van der Waals surface area contributed by atoms with E-state index in [1.165, 1.54) is 12.8 Å². The molecule has 4 nitrogen and oxygen atoms in total. The molecule has 0 saturated heterocycles. The van der Waals surface area contributed by atoms with Crippen LogP contribution in [0.5, 0.6) is 17.2 Å². The smallest absolute Gasteiger partial charge is 0.195 e. The van der Waals surface area contributed by atoms with Crippen molar-refractivity contribution in [1.29, 1.82) is 0 Å². The Labute approximate surface area is 219 Å². The first-order valence-corrected chi connectivity index (χ1v) is 13.7. The standard InChI is InChI=1S/C29H29BrO4S/c1-32-22-11-9-21(10-12-22)29-27(25-16-15-24(33-2)19-26(25)35-29)28(31)20-7-13-23(14-8-20)34-18-6-4-3-5-17-30/h7-16,19H,3-6,17-18H2,1-2H3. The van der Waals surface area contributed by atoms with Crippen LogP contribution in [0.15, 0.2) is 66.7 Å². The Balaban J connectivity index is 1.60. The molecule has 35 heavy (non-hydrogen) atoms. The van der Waals surface area contributed by atoms with Gasteiger partial charge < -0.3 is 14.2 Å². The summed E-state index contributed by atoms with van der Waals surface area (Å²) in [6, 6.07) is 21.2. The van der Waals surface area contributed by atoms with Crippen molar-refractivity contribution in [1.82, 2.24) is 0 Å². The zero-order valence-electron chi connectivity index (χ0n) is 20.0. The average molecular weight is 554 g/mol. The highest BCUT2D eigenvalue weighted by atomic mass is 79.9. The van der Waals surface area contributed by atoms with Gasteiger partial charge in [-0.15, -0.1) is 11.3 Å². The number of rotatable bonds is 12. The van der Waals surface area contributed by atoms with E-state index in [-0.39, 0.29) is 5.78 Å². The van der Waals surface area contributed by atoms with Gasteiger partial charge in [0.1, 0.15) is 17.2 Å². The Morgan fingerprint density at radius 3 is 2.14 bits per heavy atom. The molecule has 0 aliphatic rings. The van der Waals surface area contributed by atoms with Gasteiger partial charge >= 0.3 is 0 Å². The van der Waals surface area contributed by atoms with Crippen molar-refractivity contribution in [3.05, 3.63) is 77.9 Å². The van der Waals surface area contributed by atoms with Crippen molar-refractivity contribution in [2.75, 3.05) is 26.2 Å². The summed E-state index contributed by atoms with van der Waals surface area (Å²) in [6.07, 6.45) is 4.59. The summed E-state index contributed by atoms with van der Waals surface area (Å²) in [7, 11) is 3.30. The predicted octanol–water partition coefficient (Wildman–Crippen LogP) is 8.15. The molecule has 0 aliphatic carbocycles. The highest BCUT2D eigenvalue weighted by molar-refractivity contribution is 9.09. The minimum absolute atomic E-state index is 0.00597. The second-order valence-corrected chi connectivity index (χ2v) is 10.0. The van der Waals surface area contributed by atoms with E-state index in [4.69, 9.17) is 14.2 Å². The third-order valence-electron chi connectivity index (χ3n) is 5.89. The van der Waals surface area contributed by atoms with Gasteiger partial charge in [0.05, 0.1) is 20.8 Å². The second-order valence-electron chi connectivity index (χ2n) is 8.20. The van der Waals surface area contributed by atoms with Gasteiger partial charge in [-0.1, -0.05) is 28.8 Å². The Morgan fingerprint density at radius 1 is 0.800 bits per heavy atom. The molecule has 0 aliphatic heterocycles. The van der Waals surface area contributed by atoms with Crippen molar-refractivity contribution in [3.63, 3.8) is 0 Å². The van der Waals surface area contributed by atoms with Gasteiger partial charge in [0.2, 0.25) is 0 Å². The van der Waals surface area contributed by atoms with E-state index < -0.39 is 0 Å². The van der Waals surface area contributed by atoms with E-state index in [0.717, 1.165) is 55.9 Å². The van der Waals surface area contributed by atoms with E-state index in [0.29, 0.717) is 17.7 Å². The van der Waals surface area contributed by atoms with Crippen LogP contribution in [-0.4, -0.2) is 31.9 Å². The van der Waals surface area contributed by atoms with Gasteiger partial charge in [-0.25, -0.2) is 0 Å². The monoisotopic (exact) mass is 552 g/mol. The fraction of sp³-hybridized carbons (Fsp3) is 0.276. The number of hydrogen-bond donors (Lipinski definition) is 0. The molecular weight excluding hydrogens is 524 g/mol. The van der Waals surface area contributed by atoms with Crippen LogP contribution < -0.4 is 14.2 Å². The molecule has 182 valence electrons. The predicted molar refractivity (Wildman–Crippen MR) is 148 cm³/mol. The first-order valence-electron chi connectivity index (χ1n) is 11.7. The lowest BCUT2D eigenvalue weighted by molar-refractivity contribution is 0.104. The lowest BCUT2D eigenvalue weighted by atomic mass is 9.97. The molecular formula is C29H29BrO4S. The summed E-state index contributed by atoms with van der Waals surface area (Å²) < 4.78 is 17.6. The first-order chi connectivity index (χ1) is 17.1. The van der Waals surface area contributed by atoms with Gasteiger partial charge in [0, 0.05) is 31.4 Å². The summed E-state index contributed by atoms with van der Waals surface area (Å²) in [5, 5.41) is 1.98. The topological polar surface area (TPSA) is 44.8 Å². The van der Waals surface area contributed by atoms with Gasteiger partial charge in [-0.3, -0.25) is 4.79 Å². The first kappa shape index (κ1) is 25.3. The number of ketones is 1. The number of methoxy groups -OCH3 is 2. The van der Waals surface area contributed by atoms with Gasteiger partial charge in [0.25, 0.3) is 0 Å². The van der Waals surface area contributed by atoms with E-state index in [1.807, 2.05) is 66.7 Å². The third kappa shape index (κ3) is 6.06. The van der Waals surface area contributed by atoms with Gasteiger partial charge in [-0.05, 0) is 85.1 Å². The van der Waals surface area contributed by atoms with Crippen LogP contribution in [0.1, 0.15) is 41.6 Å². The van der Waals surface area contributed by atoms with Crippen LogP contribution in [0.3, 0.4) is 0 Å². The number of ether oxygens (including phenoxy) is 3. The molecule has 1 aromatic heterocycles. The minimum atomic E-state index is -0.00597. The Hall–Kier alpha value is -2.83. The number of benzene rings is 3. The van der Waals surface area contributed by atoms with Crippen LogP contribution in [0.25, 0.3) is 20.5 Å². The molecule has 6 heteroatoms. The molecule has 0 atom stereocenters. The molecule has 0 unspecified atom stereocenters. The maximum absolute atomic E-state index is 13.8. The fourth-order valence-electron chi connectivity index (χ4n) is 3.96. The molecule has 4 aromatic rings. The average Bonchev–Trinajstić information content (AvgIpc) is 3.29. The highest BCUT2D eigenvalue weighted by Crippen LogP contribution is 2.41. The molecule has 3 aromatic carbocycles. The number of carbonyl (C=O) groups excluding carboxylic acids is 1. The van der Waals surface area contributed by atoms with Crippen LogP contribution in [0, 0.1) is 0 Å². The molecule has 4 rings (SSSR count). The molecule has 0 spiro atoms. The normalized spacial score (nSPS) is 10.9. The third-order valence-corrected chi connectivity index (χ3v) is 7.65. The van der Waals surface area contributed by atoms with Crippen molar-refractivity contribution >= 4 is 43.1 Å². The number of fused-ring (bicyclic) bond motifs is 1. The number of halogens is 1. The maximum Gasteiger partial charge on any atom is 0.195 e. The molecule has 0 N–H and O–H groups in total. The van der Waals surface area contributed by atoms with Gasteiger partial charge in [0.15, 0.2) is 5.78 Å². The molecule has 0 saturated carbocycles. The minimum Gasteiger partial charge on any atom is -0.497 e. The highest BCUT2D eigenvalue weighted by Gasteiger charge is 2.22.